The highest BCUT2D eigenvalue weighted by molar-refractivity contribution is 6.33. The van der Waals surface area contributed by atoms with Gasteiger partial charge in [-0.05, 0) is 17.5 Å². The number of nitrogens with zero attached hydrogens (tertiary/aromatic N) is 3. The molecule has 0 bridgehead atoms. The van der Waals surface area contributed by atoms with E-state index in [1.54, 1.807) is 6.33 Å². The lowest BCUT2D eigenvalue weighted by molar-refractivity contribution is 0.853. The number of hydrogen-bond donors (Lipinski definition) is 0. The summed E-state index contributed by atoms with van der Waals surface area (Å²) in [4.78, 5) is 0. The highest BCUT2D eigenvalue weighted by Gasteiger charge is 2.06. The molecule has 0 aliphatic heterocycles. The topological polar surface area (TPSA) is 30.2 Å². The number of pyridine rings is 1. The summed E-state index contributed by atoms with van der Waals surface area (Å²) < 4.78 is 1.84. The van der Waals surface area contributed by atoms with Gasteiger partial charge in [0.1, 0.15) is 6.33 Å². The van der Waals surface area contributed by atoms with Crippen LogP contribution in [-0.2, 0) is 0 Å². The summed E-state index contributed by atoms with van der Waals surface area (Å²) in [6.45, 7) is 4.25. The van der Waals surface area contributed by atoms with Crippen molar-refractivity contribution in [2.24, 2.45) is 0 Å². The Morgan fingerprint density at radius 1 is 1.46 bits per heavy atom. The molecule has 0 aliphatic rings. The molecule has 0 aliphatic carbocycles. The quantitative estimate of drug-likeness (QED) is 0.700. The van der Waals surface area contributed by atoms with Gasteiger partial charge < -0.3 is 0 Å². The molecule has 0 unspecified atom stereocenters. The molecule has 4 heteroatoms. The van der Waals surface area contributed by atoms with Crippen LogP contribution in [0.2, 0.25) is 5.02 Å². The van der Waals surface area contributed by atoms with Gasteiger partial charge in [0.05, 0.1) is 5.02 Å². The van der Waals surface area contributed by atoms with Crippen LogP contribution < -0.4 is 0 Å². The van der Waals surface area contributed by atoms with Crippen LogP contribution in [0.3, 0.4) is 0 Å². The molecule has 13 heavy (non-hydrogen) atoms. The second kappa shape index (κ2) is 3.00. The predicted octanol–water partition coefficient (Wildman–Crippen LogP) is 2.51. The zero-order valence-corrected chi connectivity index (χ0v) is 8.28. The van der Waals surface area contributed by atoms with Crippen molar-refractivity contribution in [1.82, 2.24) is 14.6 Å². The van der Waals surface area contributed by atoms with Crippen molar-refractivity contribution in [3.05, 3.63) is 29.2 Å². The van der Waals surface area contributed by atoms with Gasteiger partial charge in [-0.15, -0.1) is 10.2 Å². The van der Waals surface area contributed by atoms with E-state index in [-0.39, 0.29) is 0 Å². The summed E-state index contributed by atoms with van der Waals surface area (Å²) in [6.07, 6.45) is 3.67. The largest absolute Gasteiger partial charge is 0.288 e. The first-order valence-corrected chi connectivity index (χ1v) is 4.55. The van der Waals surface area contributed by atoms with Crippen LogP contribution in [0.5, 0.6) is 0 Å². The second-order valence-corrected chi connectivity index (χ2v) is 3.75. The molecule has 0 saturated carbocycles. The van der Waals surface area contributed by atoms with Crippen LogP contribution in [0, 0.1) is 0 Å². The van der Waals surface area contributed by atoms with E-state index in [1.165, 1.54) is 5.56 Å². The Bertz CT molecular complexity index is 433. The monoisotopic (exact) mass is 195 g/mol. The van der Waals surface area contributed by atoms with Gasteiger partial charge in [-0.1, -0.05) is 25.4 Å². The van der Waals surface area contributed by atoms with Crippen molar-refractivity contribution in [1.29, 1.82) is 0 Å². The van der Waals surface area contributed by atoms with Crippen LogP contribution in [-0.4, -0.2) is 14.6 Å². The van der Waals surface area contributed by atoms with Crippen molar-refractivity contribution in [2.45, 2.75) is 19.8 Å². The number of rotatable bonds is 1. The Hall–Kier alpha value is -1.09. The molecule has 0 radical (unpaired) electrons. The van der Waals surface area contributed by atoms with Crippen LogP contribution in [0.4, 0.5) is 0 Å². The normalized spacial score (nSPS) is 11.4. The van der Waals surface area contributed by atoms with Crippen LogP contribution in [0.1, 0.15) is 25.3 Å². The molecule has 2 aromatic heterocycles. The molecule has 68 valence electrons. The minimum absolute atomic E-state index is 0.462. The predicted molar refractivity (Wildman–Crippen MR) is 52.1 cm³/mol. The van der Waals surface area contributed by atoms with Crippen LogP contribution in [0.25, 0.3) is 5.65 Å². The number of hydrogen-bond acceptors (Lipinski definition) is 2. The zero-order valence-electron chi connectivity index (χ0n) is 7.53. The SMILES string of the molecule is CC(C)c1cc(Cl)c2nncn2c1. The molecule has 2 aromatic rings. The lowest BCUT2D eigenvalue weighted by Gasteiger charge is -2.06. The fourth-order valence-corrected chi connectivity index (χ4v) is 1.49. The van der Waals surface area contributed by atoms with E-state index in [1.807, 2.05) is 16.7 Å². The fraction of sp³-hybridized carbons (Fsp3) is 0.333. The van der Waals surface area contributed by atoms with Crippen molar-refractivity contribution >= 4 is 17.2 Å². The number of fused-ring (bicyclic) bond motifs is 1. The first-order valence-electron chi connectivity index (χ1n) is 4.17. The number of aromatic nitrogens is 3. The molecular weight excluding hydrogens is 186 g/mol. The average Bonchev–Trinajstić information content (AvgIpc) is 2.51. The summed E-state index contributed by atoms with van der Waals surface area (Å²) >= 11 is 6.02. The molecule has 2 heterocycles. The van der Waals surface area contributed by atoms with Gasteiger partial charge in [0, 0.05) is 6.20 Å². The summed E-state index contributed by atoms with van der Waals surface area (Å²) in [5.74, 6) is 0.462. The van der Waals surface area contributed by atoms with E-state index in [9.17, 15) is 0 Å². The second-order valence-electron chi connectivity index (χ2n) is 3.34. The zero-order chi connectivity index (χ0) is 9.42. The van der Waals surface area contributed by atoms with E-state index in [0.29, 0.717) is 16.6 Å². The molecule has 0 N–H and O–H groups in total. The maximum atomic E-state index is 6.02. The molecule has 0 spiro atoms. The van der Waals surface area contributed by atoms with Crippen LogP contribution >= 0.6 is 11.6 Å². The van der Waals surface area contributed by atoms with E-state index in [2.05, 4.69) is 24.0 Å². The van der Waals surface area contributed by atoms with Crippen molar-refractivity contribution in [3.8, 4) is 0 Å². The van der Waals surface area contributed by atoms with Gasteiger partial charge in [-0.2, -0.15) is 0 Å². The summed E-state index contributed by atoms with van der Waals surface area (Å²) in [5, 5.41) is 8.35. The molecular formula is C9H10ClN3. The standard InChI is InChI=1S/C9H10ClN3/c1-6(2)7-3-8(10)9-12-11-5-13(9)4-7/h3-6H,1-2H3. The van der Waals surface area contributed by atoms with Gasteiger partial charge in [0.2, 0.25) is 0 Å². The Morgan fingerprint density at radius 3 is 2.92 bits per heavy atom. The highest BCUT2D eigenvalue weighted by atomic mass is 35.5. The lowest BCUT2D eigenvalue weighted by atomic mass is 10.1. The third-order valence-electron chi connectivity index (χ3n) is 2.03. The molecule has 0 fully saturated rings. The van der Waals surface area contributed by atoms with Crippen molar-refractivity contribution in [2.75, 3.05) is 0 Å². The highest BCUT2D eigenvalue weighted by Crippen LogP contribution is 2.21. The molecule has 0 amide bonds. The third-order valence-corrected chi connectivity index (χ3v) is 2.31. The first-order chi connectivity index (χ1) is 6.18. The molecule has 2 rings (SSSR count). The lowest BCUT2D eigenvalue weighted by Crippen LogP contribution is -1.92. The number of halogens is 1. The fourth-order valence-electron chi connectivity index (χ4n) is 1.23. The van der Waals surface area contributed by atoms with Gasteiger partial charge in [0.15, 0.2) is 5.65 Å². The van der Waals surface area contributed by atoms with E-state index in [4.69, 9.17) is 11.6 Å². The van der Waals surface area contributed by atoms with E-state index in [0.717, 1.165) is 0 Å². The minimum atomic E-state index is 0.462. The Labute approximate surface area is 81.4 Å². The van der Waals surface area contributed by atoms with Gasteiger partial charge in [-0.25, -0.2) is 0 Å². The van der Waals surface area contributed by atoms with Gasteiger partial charge in [-0.3, -0.25) is 4.40 Å². The maximum absolute atomic E-state index is 6.02. The molecule has 0 atom stereocenters. The van der Waals surface area contributed by atoms with Crippen molar-refractivity contribution in [3.63, 3.8) is 0 Å². The van der Waals surface area contributed by atoms with Crippen LogP contribution in [0.15, 0.2) is 18.6 Å². The summed E-state index contributed by atoms with van der Waals surface area (Å²) in [6, 6.07) is 1.94. The summed E-state index contributed by atoms with van der Waals surface area (Å²) in [5.41, 5.74) is 1.91. The Morgan fingerprint density at radius 2 is 2.23 bits per heavy atom. The van der Waals surface area contributed by atoms with E-state index >= 15 is 0 Å². The van der Waals surface area contributed by atoms with Crippen molar-refractivity contribution < 1.29 is 0 Å². The Balaban J connectivity index is 2.70. The minimum Gasteiger partial charge on any atom is -0.288 e. The molecule has 0 aromatic carbocycles. The third kappa shape index (κ3) is 1.40. The molecule has 0 saturated heterocycles. The summed E-state index contributed by atoms with van der Waals surface area (Å²) in [7, 11) is 0. The Kier molecular flexibility index (Phi) is 1.96. The molecule has 3 nitrogen and oxygen atoms in total. The maximum Gasteiger partial charge on any atom is 0.179 e. The average molecular weight is 196 g/mol. The smallest absolute Gasteiger partial charge is 0.179 e. The first kappa shape index (κ1) is 8.51. The van der Waals surface area contributed by atoms with E-state index < -0.39 is 0 Å². The van der Waals surface area contributed by atoms with Gasteiger partial charge >= 0.3 is 0 Å². The van der Waals surface area contributed by atoms with Gasteiger partial charge in [0.25, 0.3) is 0 Å².